The zero-order valence-electron chi connectivity index (χ0n) is 20.6. The van der Waals surface area contributed by atoms with Crippen LogP contribution in [-0.2, 0) is 41.0 Å². The third kappa shape index (κ3) is 5.18. The van der Waals surface area contributed by atoms with Crippen LogP contribution in [0.15, 0.2) is 93.5 Å². The molecule has 2 fully saturated rings. The van der Waals surface area contributed by atoms with E-state index in [0.717, 1.165) is 27.2 Å². The van der Waals surface area contributed by atoms with Gasteiger partial charge in [-0.2, -0.15) is 17.2 Å². The zero-order valence-corrected chi connectivity index (χ0v) is 22.3. The molecule has 2 heterocycles. The summed E-state index contributed by atoms with van der Waals surface area (Å²) in [7, 11) is -6.15. The van der Waals surface area contributed by atoms with Crippen molar-refractivity contribution in [2.45, 2.75) is 57.9 Å². The minimum Gasteiger partial charge on any atom is -0.483 e. The van der Waals surface area contributed by atoms with Crippen molar-refractivity contribution in [3.63, 3.8) is 0 Å². The summed E-state index contributed by atoms with van der Waals surface area (Å²) >= 11 is 0. The van der Waals surface area contributed by atoms with E-state index in [1.54, 1.807) is 12.1 Å². The molecule has 202 valence electrons. The Labute approximate surface area is 222 Å². The molecule has 0 saturated carbocycles. The van der Waals surface area contributed by atoms with Crippen molar-refractivity contribution < 1.29 is 40.7 Å². The lowest BCUT2D eigenvalue weighted by Crippen LogP contribution is -2.42. The second-order valence-corrected chi connectivity index (χ2v) is 12.7. The van der Waals surface area contributed by atoms with Crippen LogP contribution in [0.25, 0.3) is 0 Å². The number of benzene rings is 3. The van der Waals surface area contributed by atoms with Crippen molar-refractivity contribution >= 4 is 21.0 Å². The summed E-state index contributed by atoms with van der Waals surface area (Å²) in [5, 5.41) is -4.45. The second-order valence-electron chi connectivity index (χ2n) is 9.21. The van der Waals surface area contributed by atoms with Crippen LogP contribution in [0.1, 0.15) is 19.4 Å². The van der Waals surface area contributed by atoms with Crippen LogP contribution >= 0.6 is 0 Å². The van der Waals surface area contributed by atoms with Crippen LogP contribution in [0.2, 0.25) is 0 Å². The average Bonchev–Trinajstić information content (AvgIpc) is 3.45. The summed E-state index contributed by atoms with van der Waals surface area (Å²) in [5.41, 5.74) is 0.893. The monoisotopic (exact) mass is 565 g/mol. The Morgan fingerprint density at radius 3 is 1.95 bits per heavy atom. The molecule has 38 heavy (non-hydrogen) atoms. The lowest BCUT2D eigenvalue weighted by atomic mass is 10.1. The molecule has 0 amide bonds. The quantitative estimate of drug-likeness (QED) is 0.303. The molecule has 11 heteroatoms. The van der Waals surface area contributed by atoms with Gasteiger partial charge in [-0.3, -0.25) is 4.55 Å². The lowest BCUT2D eigenvalue weighted by molar-refractivity contribution is -0.186. The maximum Gasteiger partial charge on any atom is 0.405 e. The topological polar surface area (TPSA) is 91.3 Å². The van der Waals surface area contributed by atoms with Crippen LogP contribution in [0, 0.1) is 0 Å². The Hall–Kier alpha value is -2.54. The van der Waals surface area contributed by atoms with Crippen molar-refractivity contribution in [2.75, 3.05) is 13.2 Å². The molecule has 1 N–H and O–H groups in total. The Balaban J connectivity index is 1.40. The maximum absolute atomic E-state index is 13.9. The minimum atomic E-state index is -5.62. The van der Waals surface area contributed by atoms with Crippen molar-refractivity contribution in [2.24, 2.45) is 0 Å². The van der Waals surface area contributed by atoms with Gasteiger partial charge in [-0.05, 0) is 74.5 Å². The molecule has 2 aliphatic rings. The summed E-state index contributed by atoms with van der Waals surface area (Å²) in [4.78, 5) is 2.97. The van der Waals surface area contributed by atoms with Gasteiger partial charge in [-0.15, -0.1) is 0 Å². The first-order valence-electron chi connectivity index (χ1n) is 11.9. The van der Waals surface area contributed by atoms with Crippen LogP contribution in [0.3, 0.4) is 0 Å². The van der Waals surface area contributed by atoms with E-state index in [9.17, 15) is 17.2 Å². The van der Waals surface area contributed by atoms with Crippen LogP contribution in [0.4, 0.5) is 8.78 Å². The molecular formula is C27H27F2O7S2+. The van der Waals surface area contributed by atoms with E-state index >= 15 is 0 Å². The van der Waals surface area contributed by atoms with Crippen LogP contribution < -0.4 is 4.74 Å². The van der Waals surface area contributed by atoms with E-state index in [-0.39, 0.29) is 18.0 Å². The average molecular weight is 566 g/mol. The predicted molar refractivity (Wildman–Crippen MR) is 136 cm³/mol. The van der Waals surface area contributed by atoms with Gasteiger partial charge in [0.1, 0.15) is 18.0 Å². The highest BCUT2D eigenvalue weighted by Gasteiger charge is 2.51. The number of rotatable bonds is 8. The fourth-order valence-electron chi connectivity index (χ4n) is 4.47. The van der Waals surface area contributed by atoms with E-state index in [1.807, 2.05) is 61.5 Å². The molecule has 5 rings (SSSR count). The van der Waals surface area contributed by atoms with Gasteiger partial charge in [0.05, 0.1) is 24.1 Å². The summed E-state index contributed by atoms with van der Waals surface area (Å²) in [5.74, 6) is -0.808. The molecule has 7 nitrogen and oxygen atoms in total. The number of fused-ring (bicyclic) bond motifs is 1. The number of halogens is 2. The standard InChI is InChI=1S/C27H26F2O7S2/c1-18(27(28,29)38(30,31)32)34-20-10-14-23(15-11-20)37(21-6-4-3-5-7-21)22-12-8-19(9-13-22)26(2)35-24-16-33-17-25(24)36-26/h3-15,18,24-25H,16-17H2,1-2H3/p+1. The predicted octanol–water partition coefficient (Wildman–Crippen LogP) is 5.02. The SMILES string of the molecule is CC(Oc1ccc([S+](c2ccccc2)c2ccc(C3(C)OC4COCC4O3)cc2)cc1)C(F)(F)S(=O)(=O)O. The highest BCUT2D eigenvalue weighted by Crippen LogP contribution is 2.41. The van der Waals surface area contributed by atoms with E-state index < -0.39 is 38.2 Å². The van der Waals surface area contributed by atoms with E-state index in [2.05, 4.69) is 0 Å². The summed E-state index contributed by atoms with van der Waals surface area (Å²) in [6.07, 6.45) is -2.25. The van der Waals surface area contributed by atoms with Crippen molar-refractivity contribution in [1.82, 2.24) is 0 Å². The van der Waals surface area contributed by atoms with Gasteiger partial charge < -0.3 is 18.9 Å². The van der Waals surface area contributed by atoms with E-state index in [0.29, 0.717) is 13.2 Å². The van der Waals surface area contributed by atoms with Crippen molar-refractivity contribution in [3.05, 3.63) is 84.4 Å². The molecule has 0 aromatic heterocycles. The maximum atomic E-state index is 13.9. The number of hydrogen-bond acceptors (Lipinski definition) is 6. The molecule has 4 atom stereocenters. The van der Waals surface area contributed by atoms with Crippen LogP contribution in [-0.4, -0.2) is 49.8 Å². The largest absolute Gasteiger partial charge is 0.483 e. The molecule has 4 unspecified atom stereocenters. The van der Waals surface area contributed by atoms with Crippen molar-refractivity contribution in [1.29, 1.82) is 0 Å². The molecular weight excluding hydrogens is 538 g/mol. The molecule has 0 spiro atoms. The van der Waals surface area contributed by atoms with Gasteiger partial charge in [0.25, 0.3) is 0 Å². The highest BCUT2D eigenvalue weighted by atomic mass is 32.2. The molecule has 0 radical (unpaired) electrons. The fourth-order valence-corrected chi connectivity index (χ4v) is 7.00. The lowest BCUT2D eigenvalue weighted by Gasteiger charge is -2.25. The Morgan fingerprint density at radius 1 is 0.921 bits per heavy atom. The molecule has 0 aliphatic carbocycles. The number of ether oxygens (including phenoxy) is 4. The summed E-state index contributed by atoms with van der Waals surface area (Å²) in [6, 6.07) is 24.4. The third-order valence-electron chi connectivity index (χ3n) is 6.51. The molecule has 3 aromatic rings. The molecule has 2 saturated heterocycles. The highest BCUT2D eigenvalue weighted by molar-refractivity contribution is 7.97. The fraction of sp³-hybridized carbons (Fsp3) is 0.333. The third-order valence-corrected chi connectivity index (χ3v) is 9.76. The van der Waals surface area contributed by atoms with Gasteiger partial charge >= 0.3 is 15.4 Å². The van der Waals surface area contributed by atoms with Crippen molar-refractivity contribution in [3.8, 4) is 5.75 Å². The number of alkyl halides is 2. The van der Waals surface area contributed by atoms with Gasteiger partial charge in [-0.1, -0.05) is 18.2 Å². The first-order valence-corrected chi connectivity index (χ1v) is 14.6. The summed E-state index contributed by atoms with van der Waals surface area (Å²) < 4.78 is 81.6. The van der Waals surface area contributed by atoms with Gasteiger partial charge in [-0.25, -0.2) is 0 Å². The molecule has 3 aromatic carbocycles. The number of hydrogen-bond donors (Lipinski definition) is 1. The first-order chi connectivity index (χ1) is 18.0. The first kappa shape index (κ1) is 27.0. The van der Waals surface area contributed by atoms with E-state index in [1.165, 1.54) is 12.1 Å². The van der Waals surface area contributed by atoms with E-state index in [4.69, 9.17) is 23.5 Å². The van der Waals surface area contributed by atoms with Gasteiger partial charge in [0.15, 0.2) is 26.6 Å². The van der Waals surface area contributed by atoms with Crippen LogP contribution in [0.5, 0.6) is 5.75 Å². The second kappa shape index (κ2) is 10.2. The molecule has 2 aliphatic heterocycles. The Kier molecular flexibility index (Phi) is 7.27. The normalized spacial score (nSPS) is 25.1. The summed E-state index contributed by atoms with van der Waals surface area (Å²) in [6.45, 7) is 3.82. The Bertz CT molecular complexity index is 1350. The van der Waals surface area contributed by atoms with Gasteiger partial charge in [0, 0.05) is 5.56 Å². The minimum absolute atomic E-state index is 0.0505. The van der Waals surface area contributed by atoms with Gasteiger partial charge in [0.2, 0.25) is 0 Å². The molecule has 0 bridgehead atoms. The zero-order chi connectivity index (χ0) is 27.1. The Morgan fingerprint density at radius 2 is 1.42 bits per heavy atom. The smallest absolute Gasteiger partial charge is 0.405 e.